The Kier molecular flexibility index (Phi) is 3.89. The predicted molar refractivity (Wildman–Crippen MR) is 97.5 cm³/mol. The Labute approximate surface area is 142 Å². The van der Waals surface area contributed by atoms with Crippen molar-refractivity contribution in [1.82, 2.24) is 9.97 Å². The van der Waals surface area contributed by atoms with E-state index in [1.807, 2.05) is 30.3 Å². The maximum Gasteiger partial charge on any atom is 0.151 e. The zero-order valence-electron chi connectivity index (χ0n) is 12.5. The number of hydrogen-bond acceptors (Lipinski definition) is 5. The molecule has 0 radical (unpaired) electrons. The van der Waals surface area contributed by atoms with Crippen molar-refractivity contribution in [2.75, 3.05) is 7.11 Å². The van der Waals surface area contributed by atoms with Crippen molar-refractivity contribution in [3.05, 3.63) is 60.3 Å². The van der Waals surface area contributed by atoms with Gasteiger partial charge in [-0.3, -0.25) is 4.98 Å². The molecule has 2 aromatic carbocycles. The third-order valence-corrected chi connectivity index (χ3v) is 5.78. The lowest BCUT2D eigenvalue weighted by molar-refractivity contribution is 0.415. The minimum atomic E-state index is 0.821. The van der Waals surface area contributed by atoms with Crippen molar-refractivity contribution in [3.8, 4) is 5.75 Å². The highest BCUT2D eigenvalue weighted by atomic mass is 32.2. The molecule has 0 saturated heterocycles. The molecule has 4 rings (SSSR count). The summed E-state index contributed by atoms with van der Waals surface area (Å²) >= 11 is 3.47. The standard InChI is InChI=1S/C18H14N2OS2/c1-21-14-8-9-15-12(10-14)6-7-13(19-15)11-22-18-20-16-4-2-3-5-17(16)23-18/h2-10H,11H2,1H3. The van der Waals surface area contributed by atoms with E-state index in [1.165, 1.54) is 4.70 Å². The van der Waals surface area contributed by atoms with Gasteiger partial charge in [0.1, 0.15) is 5.75 Å². The van der Waals surface area contributed by atoms with Crippen LogP contribution in [0.1, 0.15) is 5.69 Å². The van der Waals surface area contributed by atoms with Gasteiger partial charge in [0.05, 0.1) is 28.5 Å². The number of methoxy groups -OCH3 is 1. The fraction of sp³-hybridized carbons (Fsp3) is 0.111. The highest BCUT2D eigenvalue weighted by Gasteiger charge is 2.06. The second-order valence-electron chi connectivity index (χ2n) is 5.10. The van der Waals surface area contributed by atoms with Crippen LogP contribution in [0.2, 0.25) is 0 Å². The third-order valence-electron chi connectivity index (χ3n) is 3.57. The van der Waals surface area contributed by atoms with E-state index in [1.54, 1.807) is 30.2 Å². The predicted octanol–water partition coefficient (Wildman–Crippen LogP) is 5.15. The lowest BCUT2D eigenvalue weighted by Gasteiger charge is -2.04. The van der Waals surface area contributed by atoms with E-state index in [-0.39, 0.29) is 0 Å². The van der Waals surface area contributed by atoms with Gasteiger partial charge in [0.25, 0.3) is 0 Å². The smallest absolute Gasteiger partial charge is 0.151 e. The first-order valence-corrected chi connectivity index (χ1v) is 9.04. The van der Waals surface area contributed by atoms with Crippen LogP contribution in [-0.2, 0) is 5.75 Å². The van der Waals surface area contributed by atoms with Gasteiger partial charge in [0.15, 0.2) is 4.34 Å². The minimum Gasteiger partial charge on any atom is -0.497 e. The van der Waals surface area contributed by atoms with Crippen LogP contribution >= 0.6 is 23.1 Å². The normalized spacial score (nSPS) is 11.2. The van der Waals surface area contributed by atoms with Crippen molar-refractivity contribution < 1.29 is 4.74 Å². The molecule has 2 heterocycles. The second-order valence-corrected chi connectivity index (χ2v) is 7.35. The molecule has 0 aliphatic heterocycles. The maximum absolute atomic E-state index is 5.25. The molecule has 0 saturated carbocycles. The van der Waals surface area contributed by atoms with E-state index in [2.05, 4.69) is 29.2 Å². The van der Waals surface area contributed by atoms with Gasteiger partial charge < -0.3 is 4.74 Å². The summed E-state index contributed by atoms with van der Waals surface area (Å²) in [6.45, 7) is 0. The molecule has 0 amide bonds. The molecule has 114 valence electrons. The molecule has 0 spiro atoms. The van der Waals surface area contributed by atoms with Crippen LogP contribution in [0.3, 0.4) is 0 Å². The lowest BCUT2D eigenvalue weighted by Crippen LogP contribution is -1.89. The molecule has 0 aliphatic carbocycles. The van der Waals surface area contributed by atoms with Crippen LogP contribution in [0, 0.1) is 0 Å². The fourth-order valence-electron chi connectivity index (χ4n) is 2.40. The van der Waals surface area contributed by atoms with Gasteiger partial charge in [0.2, 0.25) is 0 Å². The van der Waals surface area contributed by atoms with E-state index in [0.717, 1.165) is 38.0 Å². The highest BCUT2D eigenvalue weighted by molar-refractivity contribution is 8.00. The van der Waals surface area contributed by atoms with Crippen molar-refractivity contribution in [3.63, 3.8) is 0 Å². The molecular formula is C18H14N2OS2. The van der Waals surface area contributed by atoms with Crippen molar-refractivity contribution >= 4 is 44.2 Å². The Hall–Kier alpha value is -2.11. The summed E-state index contributed by atoms with van der Waals surface area (Å²) in [7, 11) is 1.68. The Bertz CT molecular complexity index is 948. The summed E-state index contributed by atoms with van der Waals surface area (Å²) in [5.74, 6) is 1.68. The molecule has 0 atom stereocenters. The van der Waals surface area contributed by atoms with Crippen molar-refractivity contribution in [2.24, 2.45) is 0 Å². The van der Waals surface area contributed by atoms with Gasteiger partial charge in [-0.1, -0.05) is 30.0 Å². The molecule has 0 unspecified atom stereocenters. The second kappa shape index (κ2) is 6.18. The molecule has 4 aromatic rings. The number of benzene rings is 2. The highest BCUT2D eigenvalue weighted by Crippen LogP contribution is 2.31. The summed E-state index contributed by atoms with van der Waals surface area (Å²) in [5, 5.41) is 1.10. The number of para-hydroxylation sites is 1. The van der Waals surface area contributed by atoms with E-state index in [0.29, 0.717) is 0 Å². The van der Waals surface area contributed by atoms with Gasteiger partial charge in [-0.25, -0.2) is 4.98 Å². The summed E-state index contributed by atoms with van der Waals surface area (Å²) in [6, 6.07) is 18.4. The largest absolute Gasteiger partial charge is 0.497 e. The number of ether oxygens (including phenoxy) is 1. The summed E-state index contributed by atoms with van der Waals surface area (Å²) in [4.78, 5) is 9.37. The number of rotatable bonds is 4. The Balaban J connectivity index is 1.55. The fourth-order valence-corrected chi connectivity index (χ4v) is 4.38. The zero-order chi connectivity index (χ0) is 15.6. The first-order chi connectivity index (χ1) is 11.3. The SMILES string of the molecule is COc1ccc2nc(CSc3nc4ccccc4s3)ccc2c1. The van der Waals surface area contributed by atoms with Gasteiger partial charge in [0, 0.05) is 11.1 Å². The summed E-state index contributed by atoms with van der Waals surface area (Å²) in [5.41, 5.74) is 3.12. The van der Waals surface area contributed by atoms with E-state index in [4.69, 9.17) is 9.72 Å². The van der Waals surface area contributed by atoms with Crippen LogP contribution in [0.5, 0.6) is 5.75 Å². The first-order valence-electron chi connectivity index (χ1n) is 7.24. The topological polar surface area (TPSA) is 35.0 Å². The van der Waals surface area contributed by atoms with Crippen molar-refractivity contribution in [2.45, 2.75) is 10.1 Å². The molecule has 23 heavy (non-hydrogen) atoms. The molecule has 2 aromatic heterocycles. The van der Waals surface area contributed by atoms with E-state index in [9.17, 15) is 0 Å². The number of thioether (sulfide) groups is 1. The van der Waals surface area contributed by atoms with Gasteiger partial charge in [-0.15, -0.1) is 11.3 Å². The van der Waals surface area contributed by atoms with Crippen LogP contribution in [0.4, 0.5) is 0 Å². The molecule has 3 nitrogen and oxygen atoms in total. The Morgan fingerprint density at radius 2 is 1.91 bits per heavy atom. The van der Waals surface area contributed by atoms with Gasteiger partial charge >= 0.3 is 0 Å². The summed E-state index contributed by atoms with van der Waals surface area (Å²) < 4.78 is 7.56. The van der Waals surface area contributed by atoms with Crippen LogP contribution in [0.25, 0.3) is 21.1 Å². The number of hydrogen-bond donors (Lipinski definition) is 0. The van der Waals surface area contributed by atoms with E-state index < -0.39 is 0 Å². The number of aromatic nitrogens is 2. The first kappa shape index (κ1) is 14.5. The van der Waals surface area contributed by atoms with E-state index >= 15 is 0 Å². The summed E-state index contributed by atoms with van der Waals surface area (Å²) in [6.07, 6.45) is 0. The van der Waals surface area contributed by atoms with Crippen LogP contribution in [-0.4, -0.2) is 17.1 Å². The quantitative estimate of drug-likeness (QED) is 0.482. The van der Waals surface area contributed by atoms with Crippen molar-refractivity contribution in [1.29, 1.82) is 0 Å². The number of nitrogens with zero attached hydrogens (tertiary/aromatic N) is 2. The number of pyridine rings is 1. The molecule has 5 heteroatoms. The third kappa shape index (κ3) is 3.02. The van der Waals surface area contributed by atoms with Gasteiger partial charge in [-0.05, 0) is 36.4 Å². The average Bonchev–Trinajstić information content (AvgIpc) is 3.02. The maximum atomic E-state index is 5.25. The minimum absolute atomic E-state index is 0.821. The van der Waals surface area contributed by atoms with Crippen LogP contribution < -0.4 is 4.74 Å². The molecular weight excluding hydrogens is 324 g/mol. The Morgan fingerprint density at radius 3 is 2.78 bits per heavy atom. The lowest BCUT2D eigenvalue weighted by atomic mass is 10.2. The number of fused-ring (bicyclic) bond motifs is 2. The molecule has 0 bridgehead atoms. The number of thiazole rings is 1. The Morgan fingerprint density at radius 1 is 1.00 bits per heavy atom. The zero-order valence-corrected chi connectivity index (χ0v) is 14.2. The molecule has 0 N–H and O–H groups in total. The van der Waals surface area contributed by atoms with Gasteiger partial charge in [-0.2, -0.15) is 0 Å². The molecule has 0 fully saturated rings. The monoisotopic (exact) mass is 338 g/mol. The average molecular weight is 338 g/mol. The molecule has 0 aliphatic rings. The van der Waals surface area contributed by atoms with Crippen LogP contribution in [0.15, 0.2) is 58.9 Å².